The lowest BCUT2D eigenvalue weighted by Gasteiger charge is -2.12. The maximum Gasteiger partial charge on any atom is 0.416 e. The van der Waals surface area contributed by atoms with E-state index in [0.29, 0.717) is 25.0 Å². The van der Waals surface area contributed by atoms with Gasteiger partial charge in [0.25, 0.3) is 5.91 Å². The second-order valence-corrected chi connectivity index (χ2v) is 5.63. The van der Waals surface area contributed by atoms with Crippen LogP contribution in [0.1, 0.15) is 42.9 Å². The first-order valence-corrected chi connectivity index (χ1v) is 7.79. The molecule has 4 nitrogen and oxygen atoms in total. The topological polar surface area (TPSA) is 81.5 Å². The summed E-state index contributed by atoms with van der Waals surface area (Å²) in [6.07, 6.45) is -8.51. The van der Waals surface area contributed by atoms with Gasteiger partial charge in [-0.15, -0.1) is 0 Å². The number of nitrogens with zero attached hydrogens (tertiary/aromatic N) is 1. The fraction of sp³-hybridized carbons (Fsp3) is 0.412. The van der Waals surface area contributed by atoms with Gasteiger partial charge in [0, 0.05) is 5.56 Å². The largest absolute Gasteiger partial charge is 0.416 e. The number of benzene rings is 1. The Labute approximate surface area is 151 Å². The van der Waals surface area contributed by atoms with Gasteiger partial charge in [0.15, 0.2) is 5.96 Å². The van der Waals surface area contributed by atoms with E-state index in [0.717, 1.165) is 0 Å². The van der Waals surface area contributed by atoms with Crippen LogP contribution in [-0.2, 0) is 17.1 Å². The molecule has 0 aliphatic heterocycles. The van der Waals surface area contributed by atoms with E-state index in [2.05, 4.69) is 16.8 Å². The summed E-state index contributed by atoms with van der Waals surface area (Å²) < 4.78 is 77.1. The monoisotopic (exact) mass is 393 g/mol. The van der Waals surface area contributed by atoms with Crippen LogP contribution in [0, 0.1) is 17.8 Å². The third kappa shape index (κ3) is 7.21. The van der Waals surface area contributed by atoms with E-state index in [1.807, 2.05) is 6.92 Å². The minimum atomic E-state index is -4.98. The molecule has 27 heavy (non-hydrogen) atoms. The minimum absolute atomic E-state index is 0.00428. The van der Waals surface area contributed by atoms with Gasteiger partial charge in [-0.05, 0) is 24.6 Å². The molecular weight excluding hydrogens is 376 g/mol. The Kier molecular flexibility index (Phi) is 7.28. The molecule has 1 unspecified atom stereocenters. The highest BCUT2D eigenvalue weighted by molar-refractivity contribution is 5.93. The second-order valence-electron chi connectivity index (χ2n) is 5.63. The summed E-state index contributed by atoms with van der Waals surface area (Å²) in [5.41, 5.74) is 6.74. The lowest BCUT2D eigenvalue weighted by Crippen LogP contribution is -2.26. The van der Waals surface area contributed by atoms with Crippen molar-refractivity contribution in [3.8, 4) is 11.8 Å². The molecular formula is C17H17F6N3O. The van der Waals surface area contributed by atoms with Crippen molar-refractivity contribution in [3.63, 3.8) is 0 Å². The quantitative estimate of drug-likeness (QED) is 0.354. The van der Waals surface area contributed by atoms with Crippen molar-refractivity contribution in [3.05, 3.63) is 34.9 Å². The number of guanidine groups is 1. The Morgan fingerprint density at radius 2 is 1.59 bits per heavy atom. The van der Waals surface area contributed by atoms with Gasteiger partial charge in [0.1, 0.15) is 5.92 Å². The molecule has 0 spiro atoms. The standard InChI is InChI=1S/C17H17F6N3O/c1-2-3-4-11(14(27)26-15(24)25)6-5-10-7-12(16(18,19)20)9-13(8-10)17(21,22)23/h7-9,11H,2-4H2,1H3,(H4,24,25,26,27). The van der Waals surface area contributed by atoms with E-state index < -0.39 is 46.8 Å². The predicted octanol–water partition coefficient (Wildman–Crippen LogP) is 3.68. The highest BCUT2D eigenvalue weighted by atomic mass is 19.4. The fourth-order valence-electron chi connectivity index (χ4n) is 2.07. The zero-order valence-corrected chi connectivity index (χ0v) is 14.2. The molecule has 0 saturated carbocycles. The fourth-order valence-corrected chi connectivity index (χ4v) is 2.07. The number of nitrogens with two attached hydrogens (primary N) is 2. The Morgan fingerprint density at radius 3 is 2.00 bits per heavy atom. The van der Waals surface area contributed by atoms with Crippen LogP contribution in [0.4, 0.5) is 26.3 Å². The summed E-state index contributed by atoms with van der Waals surface area (Å²) in [5.74, 6) is 2.23. The molecule has 0 radical (unpaired) electrons. The van der Waals surface area contributed by atoms with Gasteiger partial charge in [0.05, 0.1) is 11.1 Å². The molecule has 1 aromatic carbocycles. The average Bonchev–Trinajstić information content (AvgIpc) is 2.52. The van der Waals surface area contributed by atoms with E-state index in [-0.39, 0.29) is 12.5 Å². The normalized spacial score (nSPS) is 12.7. The van der Waals surface area contributed by atoms with Crippen molar-refractivity contribution < 1.29 is 31.1 Å². The number of rotatable bonds is 4. The van der Waals surface area contributed by atoms with Crippen LogP contribution in [0.2, 0.25) is 0 Å². The Balaban J connectivity index is 3.36. The Bertz CT molecular complexity index is 735. The SMILES string of the molecule is CCCCC(C#Cc1cc(C(F)(F)F)cc(C(F)(F)F)c1)C(=O)N=C(N)N. The van der Waals surface area contributed by atoms with Crippen molar-refractivity contribution >= 4 is 11.9 Å². The summed E-state index contributed by atoms with van der Waals surface area (Å²) >= 11 is 0. The van der Waals surface area contributed by atoms with E-state index in [9.17, 15) is 31.1 Å². The molecule has 0 aliphatic rings. The van der Waals surface area contributed by atoms with Crippen LogP contribution in [0.5, 0.6) is 0 Å². The molecule has 1 aromatic rings. The third-order valence-corrected chi connectivity index (χ3v) is 3.36. The van der Waals surface area contributed by atoms with Crippen LogP contribution in [0.25, 0.3) is 0 Å². The number of alkyl halides is 6. The van der Waals surface area contributed by atoms with Crippen LogP contribution in [0.15, 0.2) is 23.2 Å². The number of unbranched alkanes of at least 4 members (excludes halogenated alkanes) is 1. The van der Waals surface area contributed by atoms with E-state index in [4.69, 9.17) is 11.5 Å². The van der Waals surface area contributed by atoms with Gasteiger partial charge in [0.2, 0.25) is 0 Å². The van der Waals surface area contributed by atoms with E-state index in [1.54, 1.807) is 0 Å². The third-order valence-electron chi connectivity index (χ3n) is 3.36. The first-order chi connectivity index (χ1) is 12.3. The maximum absolute atomic E-state index is 12.9. The van der Waals surface area contributed by atoms with Gasteiger partial charge in [-0.1, -0.05) is 31.6 Å². The number of hydrogen-bond donors (Lipinski definition) is 2. The molecule has 0 fully saturated rings. The molecule has 0 bridgehead atoms. The maximum atomic E-state index is 12.9. The molecule has 1 atom stereocenters. The van der Waals surface area contributed by atoms with Gasteiger partial charge < -0.3 is 11.5 Å². The first-order valence-electron chi connectivity index (χ1n) is 7.79. The van der Waals surface area contributed by atoms with Crippen molar-refractivity contribution in [2.24, 2.45) is 22.4 Å². The molecule has 0 aliphatic carbocycles. The van der Waals surface area contributed by atoms with Crippen LogP contribution >= 0.6 is 0 Å². The van der Waals surface area contributed by atoms with Crippen molar-refractivity contribution in [2.75, 3.05) is 0 Å². The molecule has 148 valence electrons. The van der Waals surface area contributed by atoms with Crippen LogP contribution < -0.4 is 11.5 Å². The summed E-state index contributed by atoms with van der Waals surface area (Å²) in [6, 6.07) is 0.985. The van der Waals surface area contributed by atoms with Gasteiger partial charge in [-0.3, -0.25) is 4.79 Å². The summed E-state index contributed by atoms with van der Waals surface area (Å²) in [7, 11) is 0. The van der Waals surface area contributed by atoms with Crippen molar-refractivity contribution in [2.45, 2.75) is 38.5 Å². The van der Waals surface area contributed by atoms with E-state index >= 15 is 0 Å². The molecule has 4 N–H and O–H groups in total. The highest BCUT2D eigenvalue weighted by Crippen LogP contribution is 2.36. The smallest absolute Gasteiger partial charge is 0.370 e. The summed E-state index contributed by atoms with van der Waals surface area (Å²) in [5, 5.41) is 0. The van der Waals surface area contributed by atoms with Crippen LogP contribution in [-0.4, -0.2) is 11.9 Å². The zero-order valence-electron chi connectivity index (χ0n) is 14.2. The molecule has 0 heterocycles. The highest BCUT2D eigenvalue weighted by Gasteiger charge is 2.36. The number of amides is 1. The number of halogens is 6. The zero-order chi connectivity index (χ0) is 20.8. The lowest BCUT2D eigenvalue weighted by atomic mass is 10.00. The molecule has 0 aromatic heterocycles. The molecule has 1 amide bonds. The van der Waals surface area contributed by atoms with Gasteiger partial charge in [-0.2, -0.15) is 31.3 Å². The number of carbonyl (C=O) groups excluding carboxylic acids is 1. The van der Waals surface area contributed by atoms with Crippen LogP contribution in [0.3, 0.4) is 0 Å². The molecule has 1 rings (SSSR count). The predicted molar refractivity (Wildman–Crippen MR) is 87.2 cm³/mol. The van der Waals surface area contributed by atoms with Crippen molar-refractivity contribution in [1.82, 2.24) is 0 Å². The number of carbonyl (C=O) groups is 1. The minimum Gasteiger partial charge on any atom is -0.370 e. The average molecular weight is 393 g/mol. The first kappa shape index (κ1) is 22.3. The Morgan fingerprint density at radius 1 is 1.07 bits per heavy atom. The van der Waals surface area contributed by atoms with Crippen molar-refractivity contribution in [1.29, 1.82) is 0 Å². The molecule has 10 heteroatoms. The lowest BCUT2D eigenvalue weighted by molar-refractivity contribution is -0.143. The number of hydrogen-bond acceptors (Lipinski definition) is 1. The van der Waals surface area contributed by atoms with Gasteiger partial charge >= 0.3 is 12.4 Å². The second kappa shape index (κ2) is 8.79. The summed E-state index contributed by atoms with van der Waals surface area (Å²) in [6.45, 7) is 1.83. The van der Waals surface area contributed by atoms with E-state index in [1.165, 1.54) is 0 Å². The molecule has 0 saturated heterocycles. The van der Waals surface area contributed by atoms with Gasteiger partial charge in [-0.25, -0.2) is 0 Å². The Hall–Kier alpha value is -2.70. The summed E-state index contributed by atoms with van der Waals surface area (Å²) in [4.78, 5) is 15.3. The number of aliphatic imine (C=N–C) groups is 1.